The first-order valence-electron chi connectivity index (χ1n) is 8.18. The SMILES string of the molecule is CC(C)OCS(F)(F)(F)(COC(C)C)c1ccccc1C(C)(C)C. The summed E-state index contributed by atoms with van der Waals surface area (Å²) in [6.07, 6.45) is -1.02. The Morgan fingerprint density at radius 1 is 0.875 bits per heavy atom. The van der Waals surface area contributed by atoms with Crippen molar-refractivity contribution in [2.45, 2.75) is 71.0 Å². The van der Waals surface area contributed by atoms with Gasteiger partial charge in [0.1, 0.15) is 21.3 Å². The average molecular weight is 369 g/mol. The fourth-order valence-electron chi connectivity index (χ4n) is 2.29. The van der Waals surface area contributed by atoms with Crippen molar-refractivity contribution in [1.82, 2.24) is 0 Å². The third kappa shape index (κ3) is 4.90. The zero-order chi connectivity index (χ0) is 18.9. The van der Waals surface area contributed by atoms with E-state index in [2.05, 4.69) is 0 Å². The van der Waals surface area contributed by atoms with E-state index in [1.54, 1.807) is 60.6 Å². The van der Waals surface area contributed by atoms with Crippen molar-refractivity contribution in [2.75, 3.05) is 11.9 Å². The molecule has 0 fully saturated rings. The lowest BCUT2D eigenvalue weighted by Crippen LogP contribution is -2.35. The number of halogens is 3. The quantitative estimate of drug-likeness (QED) is 0.537. The Morgan fingerprint density at radius 2 is 1.29 bits per heavy atom. The van der Waals surface area contributed by atoms with Gasteiger partial charge >= 0.3 is 0 Å². The van der Waals surface area contributed by atoms with Gasteiger partial charge in [-0.25, -0.2) is 0 Å². The first-order valence-corrected chi connectivity index (χ1v) is 10.7. The van der Waals surface area contributed by atoms with Crippen molar-refractivity contribution in [1.29, 1.82) is 0 Å². The van der Waals surface area contributed by atoms with E-state index in [0.717, 1.165) is 0 Å². The maximum Gasteiger partial charge on any atom is 0.139 e. The first kappa shape index (κ1) is 21.3. The van der Waals surface area contributed by atoms with Crippen LogP contribution in [0.15, 0.2) is 29.2 Å². The Bertz CT molecular complexity index is 565. The van der Waals surface area contributed by atoms with Gasteiger partial charge in [-0.1, -0.05) is 39.0 Å². The van der Waals surface area contributed by atoms with Crippen molar-refractivity contribution < 1.29 is 21.1 Å². The van der Waals surface area contributed by atoms with E-state index in [9.17, 15) is 0 Å². The molecule has 0 aliphatic rings. The molecule has 2 nitrogen and oxygen atoms in total. The summed E-state index contributed by atoms with van der Waals surface area (Å²) in [5, 5.41) is 0. The smallest absolute Gasteiger partial charge is 0.139 e. The van der Waals surface area contributed by atoms with Crippen LogP contribution in [0.1, 0.15) is 54.0 Å². The molecule has 0 bridgehead atoms. The van der Waals surface area contributed by atoms with Gasteiger partial charge in [-0.05, 0) is 44.7 Å². The largest absolute Gasteiger partial charge is 0.364 e. The summed E-state index contributed by atoms with van der Waals surface area (Å²) in [7, 11) is -7.30. The van der Waals surface area contributed by atoms with Crippen LogP contribution in [0.5, 0.6) is 0 Å². The van der Waals surface area contributed by atoms with Crippen molar-refractivity contribution in [3.8, 4) is 0 Å². The second kappa shape index (κ2) is 6.22. The monoisotopic (exact) mass is 368 g/mol. The molecule has 0 aliphatic carbocycles. The fraction of sp³-hybridized carbons (Fsp3) is 0.667. The van der Waals surface area contributed by atoms with E-state index < -0.39 is 43.8 Å². The molecule has 0 radical (unpaired) electrons. The van der Waals surface area contributed by atoms with Crippen molar-refractivity contribution in [3.05, 3.63) is 29.8 Å². The molecule has 6 heteroatoms. The maximum absolute atomic E-state index is 15.9. The Labute approximate surface area is 143 Å². The zero-order valence-corrected chi connectivity index (χ0v) is 16.6. The second-order valence-corrected chi connectivity index (χ2v) is 12.0. The summed E-state index contributed by atoms with van der Waals surface area (Å²) < 4.78 is 58.1. The Hall–Kier alpha value is -0.720. The third-order valence-electron chi connectivity index (χ3n) is 3.61. The Kier molecular flexibility index (Phi) is 5.52. The third-order valence-corrected chi connectivity index (χ3v) is 6.46. The average Bonchev–Trinajstić information content (AvgIpc) is 2.43. The standard InChI is InChI=1S/C18H31F3O2S/c1-14(2)22-12-24(19,20,21,13-23-15(3)4)17-11-9-8-10-16(17)18(5,6)7/h8-11,14-15H,12-13H2,1-7H3. The van der Waals surface area contributed by atoms with Crippen molar-refractivity contribution in [2.24, 2.45) is 0 Å². The number of ether oxygens (including phenoxy) is 2. The molecular formula is C18H31F3O2S. The lowest BCUT2D eigenvalue weighted by Gasteiger charge is -2.58. The number of hydrogen-bond acceptors (Lipinski definition) is 2. The summed E-state index contributed by atoms with van der Waals surface area (Å²) in [6, 6.07) is 5.82. The fourth-order valence-corrected chi connectivity index (χ4v) is 5.15. The molecule has 0 atom stereocenters. The van der Waals surface area contributed by atoms with Crippen LogP contribution < -0.4 is 0 Å². The molecule has 0 saturated heterocycles. The summed E-state index contributed by atoms with van der Waals surface area (Å²) >= 11 is 0. The lowest BCUT2D eigenvalue weighted by atomic mass is 9.87. The Morgan fingerprint density at radius 3 is 1.67 bits per heavy atom. The number of hydrogen-bond donors (Lipinski definition) is 0. The maximum atomic E-state index is 15.9. The van der Waals surface area contributed by atoms with E-state index in [1.807, 2.05) is 0 Å². The summed E-state index contributed by atoms with van der Waals surface area (Å²) in [6.45, 7) is 11.8. The molecular weight excluding hydrogens is 337 g/mol. The predicted molar refractivity (Wildman–Crippen MR) is 96.5 cm³/mol. The molecule has 0 heterocycles. The molecule has 0 unspecified atom stereocenters. The molecule has 24 heavy (non-hydrogen) atoms. The highest BCUT2D eigenvalue weighted by Gasteiger charge is 2.66. The summed E-state index contributed by atoms with van der Waals surface area (Å²) in [5.41, 5.74) is -0.359. The molecule has 1 aromatic rings. The molecule has 0 spiro atoms. The van der Waals surface area contributed by atoms with Gasteiger partial charge in [-0.3, -0.25) is 0 Å². The van der Waals surface area contributed by atoms with Crippen LogP contribution >= 0.6 is 9.45 Å². The van der Waals surface area contributed by atoms with Gasteiger partial charge in [-0.2, -0.15) is 0 Å². The molecule has 0 aromatic heterocycles. The van der Waals surface area contributed by atoms with Gasteiger partial charge < -0.3 is 9.47 Å². The van der Waals surface area contributed by atoms with E-state index in [0.29, 0.717) is 0 Å². The minimum Gasteiger partial charge on any atom is -0.364 e. The minimum absolute atomic E-state index is 0.277. The van der Waals surface area contributed by atoms with E-state index in [-0.39, 0.29) is 5.56 Å². The highest BCUT2D eigenvalue weighted by atomic mass is 32.4. The van der Waals surface area contributed by atoms with Gasteiger partial charge in [-0.15, -0.1) is 11.7 Å². The molecule has 0 amide bonds. The van der Waals surface area contributed by atoms with E-state index >= 15 is 11.7 Å². The highest BCUT2D eigenvalue weighted by Crippen LogP contribution is 2.99. The first-order chi connectivity index (χ1) is 10.6. The normalized spacial score (nSPS) is 16.3. The molecule has 1 rings (SSSR count). The molecule has 0 aliphatic heterocycles. The van der Waals surface area contributed by atoms with Gasteiger partial charge in [0.25, 0.3) is 0 Å². The van der Waals surface area contributed by atoms with Crippen LogP contribution in [0.3, 0.4) is 0 Å². The van der Waals surface area contributed by atoms with E-state index in [1.165, 1.54) is 12.1 Å². The summed E-state index contributed by atoms with van der Waals surface area (Å²) in [5.74, 6) is -2.56. The van der Waals surface area contributed by atoms with Crippen LogP contribution in [0.25, 0.3) is 0 Å². The van der Waals surface area contributed by atoms with Crippen LogP contribution in [-0.2, 0) is 14.9 Å². The topological polar surface area (TPSA) is 18.5 Å². The van der Waals surface area contributed by atoms with Gasteiger partial charge in [0, 0.05) is 0 Å². The second-order valence-electron chi connectivity index (χ2n) is 7.97. The number of rotatable bonds is 7. The van der Waals surface area contributed by atoms with Gasteiger partial charge in [0.2, 0.25) is 0 Å². The van der Waals surface area contributed by atoms with Crippen LogP contribution in [-0.4, -0.2) is 24.1 Å². The van der Waals surface area contributed by atoms with Crippen molar-refractivity contribution in [3.63, 3.8) is 0 Å². The minimum atomic E-state index is -7.30. The Balaban J connectivity index is 3.61. The molecule has 0 saturated carbocycles. The predicted octanol–water partition coefficient (Wildman–Crippen LogP) is 6.64. The van der Waals surface area contributed by atoms with Crippen molar-refractivity contribution >= 4 is 9.45 Å². The van der Waals surface area contributed by atoms with Gasteiger partial charge in [0.05, 0.1) is 17.1 Å². The molecule has 1 aromatic carbocycles. The van der Waals surface area contributed by atoms with Crippen LogP contribution in [0.4, 0.5) is 11.7 Å². The molecule has 142 valence electrons. The van der Waals surface area contributed by atoms with Crippen LogP contribution in [0, 0.1) is 0 Å². The van der Waals surface area contributed by atoms with Gasteiger partial charge in [0.15, 0.2) is 0 Å². The van der Waals surface area contributed by atoms with Crippen LogP contribution in [0.2, 0.25) is 0 Å². The number of benzene rings is 1. The van der Waals surface area contributed by atoms with E-state index in [4.69, 9.17) is 9.47 Å². The molecule has 0 N–H and O–H groups in total. The zero-order valence-electron chi connectivity index (χ0n) is 15.7. The summed E-state index contributed by atoms with van der Waals surface area (Å²) in [4.78, 5) is -0.578. The highest BCUT2D eigenvalue weighted by molar-refractivity contribution is 8.53. The lowest BCUT2D eigenvalue weighted by molar-refractivity contribution is 0.0807.